The number of nitrogens with zero attached hydrogens (tertiary/aromatic N) is 1. The third-order valence-corrected chi connectivity index (χ3v) is 5.81. The van der Waals surface area contributed by atoms with E-state index in [1.807, 2.05) is 0 Å². The van der Waals surface area contributed by atoms with Crippen molar-refractivity contribution in [1.82, 2.24) is 4.90 Å². The van der Waals surface area contributed by atoms with E-state index in [1.165, 1.54) is 0 Å². The maximum Gasteiger partial charge on any atom is 0.317 e. The molecule has 1 heterocycles. The molecule has 14 nitrogen and oxygen atoms in total. The number of aliphatic carboxylic acids is 5. The van der Waals surface area contributed by atoms with Crippen molar-refractivity contribution in [2.24, 2.45) is 16.9 Å². The normalized spacial score (nSPS) is 28.2. The largest absolute Gasteiger partial charge is 0.481 e. The quantitative estimate of drug-likeness (QED) is 0.152. The summed E-state index contributed by atoms with van der Waals surface area (Å²) in [5.74, 6) is -8.09. The van der Waals surface area contributed by atoms with Crippen LogP contribution in [0.15, 0.2) is 0 Å². The number of rotatable bonds is 12. The molecule has 1 saturated heterocycles. The highest BCUT2D eigenvalue weighted by Crippen LogP contribution is 2.60. The van der Waals surface area contributed by atoms with Crippen LogP contribution in [-0.4, -0.2) is 102 Å². The summed E-state index contributed by atoms with van der Waals surface area (Å²) < 4.78 is 0. The Labute approximate surface area is 169 Å². The van der Waals surface area contributed by atoms with Crippen LogP contribution in [0.5, 0.6) is 0 Å². The first-order chi connectivity index (χ1) is 13.7. The summed E-state index contributed by atoms with van der Waals surface area (Å²) in [6.07, 6.45) is -4.62. The standard InChI is InChI=1S/C16H25N3O11/c17-5-8-14(1-9(20)21,2-10(22)23)16(30,4-12(26)27)15(7-18,3-11(24)25)19(8)6-13(28)29/h8,30H,1-7,17-18H2,(H,20,21)(H,22,23)(H,24,25)(H,26,27)(H,28,29). The highest BCUT2D eigenvalue weighted by molar-refractivity contribution is 5.78. The van der Waals surface area contributed by atoms with E-state index in [-0.39, 0.29) is 0 Å². The Hall–Kier alpha value is -2.81. The maximum absolute atomic E-state index is 11.7. The molecule has 30 heavy (non-hydrogen) atoms. The van der Waals surface area contributed by atoms with E-state index in [1.54, 1.807) is 0 Å². The van der Waals surface area contributed by atoms with Crippen molar-refractivity contribution in [3.63, 3.8) is 0 Å². The van der Waals surface area contributed by atoms with Crippen LogP contribution in [0.25, 0.3) is 0 Å². The van der Waals surface area contributed by atoms with E-state index in [0.29, 0.717) is 0 Å². The summed E-state index contributed by atoms with van der Waals surface area (Å²) in [5, 5.41) is 58.8. The Bertz CT molecular complexity index is 726. The third-order valence-electron chi connectivity index (χ3n) is 5.81. The molecule has 0 saturated carbocycles. The van der Waals surface area contributed by atoms with Gasteiger partial charge in [0.25, 0.3) is 0 Å². The predicted molar refractivity (Wildman–Crippen MR) is 95.4 cm³/mol. The van der Waals surface area contributed by atoms with Crippen LogP contribution < -0.4 is 11.5 Å². The molecule has 0 aliphatic carbocycles. The van der Waals surface area contributed by atoms with Crippen molar-refractivity contribution in [2.75, 3.05) is 19.6 Å². The number of hydrogen-bond donors (Lipinski definition) is 8. The van der Waals surface area contributed by atoms with Crippen LogP contribution in [0.1, 0.15) is 25.7 Å². The van der Waals surface area contributed by atoms with Crippen molar-refractivity contribution in [1.29, 1.82) is 0 Å². The lowest BCUT2D eigenvalue weighted by Gasteiger charge is -2.49. The molecule has 1 aliphatic heterocycles. The number of aliphatic hydroxyl groups is 1. The molecule has 3 atom stereocenters. The molecular formula is C16H25N3O11. The van der Waals surface area contributed by atoms with Gasteiger partial charge >= 0.3 is 29.8 Å². The van der Waals surface area contributed by atoms with Crippen LogP contribution in [-0.2, 0) is 24.0 Å². The van der Waals surface area contributed by atoms with Crippen LogP contribution in [0, 0.1) is 5.41 Å². The van der Waals surface area contributed by atoms with Crippen molar-refractivity contribution in [2.45, 2.75) is 42.9 Å². The fraction of sp³-hybridized carbons (Fsp3) is 0.688. The van der Waals surface area contributed by atoms with Gasteiger partial charge in [-0.15, -0.1) is 0 Å². The fourth-order valence-electron chi connectivity index (χ4n) is 4.88. The Morgan fingerprint density at radius 1 is 0.733 bits per heavy atom. The highest BCUT2D eigenvalue weighted by atomic mass is 16.4. The Morgan fingerprint density at radius 3 is 1.47 bits per heavy atom. The monoisotopic (exact) mass is 435 g/mol. The predicted octanol–water partition coefficient (Wildman–Crippen LogP) is -2.97. The smallest absolute Gasteiger partial charge is 0.317 e. The number of hydrogen-bond acceptors (Lipinski definition) is 9. The zero-order valence-corrected chi connectivity index (χ0v) is 15.9. The molecule has 14 heteroatoms. The van der Waals surface area contributed by atoms with Crippen molar-refractivity contribution in [3.8, 4) is 0 Å². The molecular weight excluding hydrogens is 410 g/mol. The SMILES string of the molecule is NCC1N(CC(=O)O)C(CN)(CC(=O)O)C(O)(CC(=O)O)C1(CC(=O)O)CC(=O)O. The van der Waals surface area contributed by atoms with Gasteiger partial charge in [-0.2, -0.15) is 0 Å². The summed E-state index contributed by atoms with van der Waals surface area (Å²) in [4.78, 5) is 58.9. The summed E-state index contributed by atoms with van der Waals surface area (Å²) >= 11 is 0. The molecule has 0 aromatic heterocycles. The van der Waals surface area contributed by atoms with E-state index >= 15 is 0 Å². The molecule has 1 aliphatic rings. The first-order valence-corrected chi connectivity index (χ1v) is 8.71. The first kappa shape index (κ1) is 25.2. The topological polar surface area (TPSA) is 262 Å². The number of nitrogens with two attached hydrogens (primary N) is 2. The van der Waals surface area contributed by atoms with Gasteiger partial charge in [0.2, 0.25) is 0 Å². The van der Waals surface area contributed by atoms with Crippen molar-refractivity contribution in [3.05, 3.63) is 0 Å². The van der Waals surface area contributed by atoms with Gasteiger partial charge in [-0.25, -0.2) is 0 Å². The molecule has 170 valence electrons. The number of carbonyl (C=O) groups is 5. The van der Waals surface area contributed by atoms with Gasteiger partial charge < -0.3 is 42.1 Å². The molecule has 3 unspecified atom stereocenters. The van der Waals surface area contributed by atoms with E-state index in [4.69, 9.17) is 11.5 Å². The number of carboxylic acid groups (broad SMARTS) is 5. The van der Waals surface area contributed by atoms with Gasteiger partial charge in [0.15, 0.2) is 0 Å². The van der Waals surface area contributed by atoms with E-state index in [2.05, 4.69) is 0 Å². The summed E-state index contributed by atoms with van der Waals surface area (Å²) in [5.41, 5.74) is 3.91. The minimum atomic E-state index is -2.87. The summed E-state index contributed by atoms with van der Waals surface area (Å²) in [6.45, 7) is -2.40. The molecule has 0 aromatic carbocycles. The van der Waals surface area contributed by atoms with E-state index in [0.717, 1.165) is 4.90 Å². The molecule has 0 bridgehead atoms. The van der Waals surface area contributed by atoms with Gasteiger partial charge in [0.05, 0.1) is 37.8 Å². The average molecular weight is 435 g/mol. The van der Waals surface area contributed by atoms with E-state index < -0.39 is 97.8 Å². The fourth-order valence-corrected chi connectivity index (χ4v) is 4.88. The molecule has 0 spiro atoms. The Kier molecular flexibility index (Phi) is 7.49. The lowest BCUT2D eigenvalue weighted by atomic mass is 9.58. The maximum atomic E-state index is 11.7. The molecule has 0 radical (unpaired) electrons. The van der Waals surface area contributed by atoms with Gasteiger partial charge in [-0.3, -0.25) is 28.9 Å². The van der Waals surface area contributed by atoms with Crippen LogP contribution in [0.3, 0.4) is 0 Å². The lowest BCUT2D eigenvalue weighted by molar-refractivity contribution is -0.177. The van der Waals surface area contributed by atoms with Crippen LogP contribution in [0.2, 0.25) is 0 Å². The van der Waals surface area contributed by atoms with Crippen molar-refractivity contribution >= 4 is 29.8 Å². The zero-order chi connectivity index (χ0) is 23.5. The second-order valence-electron chi connectivity index (χ2n) is 7.31. The second-order valence-corrected chi connectivity index (χ2v) is 7.31. The molecule has 10 N–H and O–H groups in total. The van der Waals surface area contributed by atoms with Crippen molar-refractivity contribution < 1.29 is 54.6 Å². The number of carboxylic acids is 5. The Morgan fingerprint density at radius 2 is 1.17 bits per heavy atom. The van der Waals surface area contributed by atoms with Gasteiger partial charge in [-0.05, 0) is 0 Å². The minimum absolute atomic E-state index is 0.600. The third kappa shape index (κ3) is 4.07. The molecule has 0 amide bonds. The summed E-state index contributed by atoms with van der Waals surface area (Å²) in [6, 6.07) is -1.52. The molecule has 0 aromatic rings. The second kappa shape index (κ2) is 8.91. The van der Waals surface area contributed by atoms with Crippen LogP contribution in [0.4, 0.5) is 0 Å². The summed E-state index contributed by atoms with van der Waals surface area (Å²) in [7, 11) is 0. The highest BCUT2D eigenvalue weighted by Gasteiger charge is 2.75. The van der Waals surface area contributed by atoms with Gasteiger partial charge in [-0.1, -0.05) is 0 Å². The lowest BCUT2D eigenvalue weighted by Crippen LogP contribution is -2.68. The van der Waals surface area contributed by atoms with E-state index in [9.17, 15) is 54.6 Å². The Balaban J connectivity index is 4.08. The minimum Gasteiger partial charge on any atom is -0.481 e. The molecule has 1 rings (SSSR count). The number of likely N-dealkylation sites (tertiary alicyclic amines) is 1. The molecule has 1 fully saturated rings. The average Bonchev–Trinajstić information content (AvgIpc) is 2.69. The van der Waals surface area contributed by atoms with Gasteiger partial charge in [0.1, 0.15) is 5.60 Å². The first-order valence-electron chi connectivity index (χ1n) is 8.71. The van der Waals surface area contributed by atoms with Gasteiger partial charge in [0, 0.05) is 24.5 Å². The zero-order valence-electron chi connectivity index (χ0n) is 15.9. The van der Waals surface area contributed by atoms with Crippen LogP contribution >= 0.6 is 0 Å².